The number of anilines is 1. The fourth-order valence-electron chi connectivity index (χ4n) is 3.58. The first kappa shape index (κ1) is 29.1. The number of pyridine rings is 1. The van der Waals surface area contributed by atoms with Crippen molar-refractivity contribution >= 4 is 29.6 Å². The summed E-state index contributed by atoms with van der Waals surface area (Å²) in [6.45, 7) is 1.45. The Morgan fingerprint density at radius 1 is 1.05 bits per heavy atom. The van der Waals surface area contributed by atoms with Gasteiger partial charge in [0.1, 0.15) is 5.82 Å². The van der Waals surface area contributed by atoms with Crippen LogP contribution in [0.5, 0.6) is 0 Å². The number of aromatic nitrogens is 1. The number of carbonyl (C=O) groups excluding carboxylic acids is 2. The van der Waals surface area contributed by atoms with E-state index in [-0.39, 0.29) is 24.8 Å². The number of carbonyl (C=O) groups is 4. The smallest absolute Gasteiger partial charge is 0.481 e. The second-order valence-corrected chi connectivity index (χ2v) is 8.01. The van der Waals surface area contributed by atoms with E-state index >= 15 is 0 Å². The number of benzene rings is 1. The van der Waals surface area contributed by atoms with E-state index in [0.29, 0.717) is 32.5 Å². The number of fused-ring (bicyclic) bond motifs is 1. The van der Waals surface area contributed by atoms with Crippen LogP contribution in [0.25, 0.3) is 0 Å². The minimum absolute atomic E-state index is 0.0728. The maximum Gasteiger partial charge on any atom is 0.490 e. The monoisotopic (exact) mass is 524 g/mol. The van der Waals surface area contributed by atoms with Gasteiger partial charge in [0, 0.05) is 25.8 Å². The molecule has 13 heteroatoms. The molecule has 1 aliphatic heterocycles. The highest BCUT2D eigenvalue weighted by Gasteiger charge is 2.38. The zero-order valence-corrected chi connectivity index (χ0v) is 19.7. The Morgan fingerprint density at radius 3 is 2.35 bits per heavy atom. The van der Waals surface area contributed by atoms with E-state index in [1.165, 1.54) is 4.90 Å². The molecule has 3 rings (SSSR count). The van der Waals surface area contributed by atoms with Gasteiger partial charge in [0.05, 0.1) is 18.9 Å². The van der Waals surface area contributed by atoms with E-state index in [1.54, 1.807) is 12.3 Å². The number of hydrogen-bond acceptors (Lipinski definition) is 6. The zero-order valence-electron chi connectivity index (χ0n) is 19.7. The van der Waals surface area contributed by atoms with Gasteiger partial charge in [-0.15, -0.1) is 0 Å². The van der Waals surface area contributed by atoms with Gasteiger partial charge < -0.3 is 25.7 Å². The Bertz CT molecular complexity index is 1080. The minimum atomic E-state index is -5.08. The molecule has 0 saturated heterocycles. The molecule has 200 valence electrons. The molecule has 1 unspecified atom stereocenters. The van der Waals surface area contributed by atoms with Gasteiger partial charge in [-0.1, -0.05) is 30.3 Å². The second-order valence-electron chi connectivity index (χ2n) is 8.01. The molecular formula is C24H27F3N4O6. The van der Waals surface area contributed by atoms with Crippen molar-refractivity contribution in [2.24, 2.45) is 0 Å². The predicted octanol–water partition coefficient (Wildman–Crippen LogP) is 2.28. The summed E-state index contributed by atoms with van der Waals surface area (Å²) in [5.41, 5.74) is 1.70. The summed E-state index contributed by atoms with van der Waals surface area (Å²) in [4.78, 5) is 51.2. The average molecular weight is 524 g/mol. The molecule has 4 N–H and O–H groups in total. The Morgan fingerprint density at radius 2 is 1.73 bits per heavy atom. The van der Waals surface area contributed by atoms with Gasteiger partial charge in [-0.3, -0.25) is 14.4 Å². The number of nitrogens with one attached hydrogen (secondary N) is 2. The maximum atomic E-state index is 13.0. The molecule has 1 atom stereocenters. The summed E-state index contributed by atoms with van der Waals surface area (Å²) < 4.78 is 31.7. The lowest BCUT2D eigenvalue weighted by Gasteiger charge is -2.23. The first-order valence-corrected chi connectivity index (χ1v) is 11.3. The van der Waals surface area contributed by atoms with Crippen molar-refractivity contribution in [2.45, 2.75) is 31.4 Å². The van der Waals surface area contributed by atoms with Crippen LogP contribution in [0.4, 0.5) is 19.0 Å². The highest BCUT2D eigenvalue weighted by Crippen LogP contribution is 2.29. The molecule has 0 aliphatic carbocycles. The molecule has 0 fully saturated rings. The van der Waals surface area contributed by atoms with Gasteiger partial charge in [0.15, 0.2) is 0 Å². The molecule has 0 spiro atoms. The van der Waals surface area contributed by atoms with E-state index < -0.39 is 24.0 Å². The van der Waals surface area contributed by atoms with E-state index in [0.717, 1.165) is 16.9 Å². The molecule has 1 aromatic carbocycles. The van der Waals surface area contributed by atoms with E-state index in [2.05, 4.69) is 15.6 Å². The molecule has 0 radical (unpaired) electrons. The summed E-state index contributed by atoms with van der Waals surface area (Å²) in [6, 6.07) is 13.0. The topological polar surface area (TPSA) is 149 Å². The summed E-state index contributed by atoms with van der Waals surface area (Å²) in [5, 5.41) is 22.4. The molecule has 2 aromatic rings. The van der Waals surface area contributed by atoms with Gasteiger partial charge >= 0.3 is 18.1 Å². The van der Waals surface area contributed by atoms with Crippen molar-refractivity contribution in [3.63, 3.8) is 0 Å². The van der Waals surface area contributed by atoms with Crippen LogP contribution < -0.4 is 10.6 Å². The fraction of sp³-hybridized carbons (Fsp3) is 0.375. The van der Waals surface area contributed by atoms with Crippen LogP contribution in [0.2, 0.25) is 0 Å². The molecule has 2 amide bonds. The zero-order chi connectivity index (χ0) is 27.4. The van der Waals surface area contributed by atoms with Crippen LogP contribution in [0, 0.1) is 0 Å². The molecule has 2 heterocycles. The molecule has 0 bridgehead atoms. The van der Waals surface area contributed by atoms with Gasteiger partial charge in [-0.2, -0.15) is 13.2 Å². The van der Waals surface area contributed by atoms with E-state index in [1.807, 2.05) is 36.4 Å². The second kappa shape index (κ2) is 13.8. The van der Waals surface area contributed by atoms with Crippen LogP contribution in [-0.2, 0) is 25.6 Å². The lowest BCUT2D eigenvalue weighted by Crippen LogP contribution is -2.43. The Balaban J connectivity index is 0.000000604. The quantitative estimate of drug-likeness (QED) is 0.365. The van der Waals surface area contributed by atoms with Crippen LogP contribution >= 0.6 is 0 Å². The SMILES string of the molecule is O=C(O)C(F)(F)F.O=C(O)CC1C(=O)N(CC(=O)NCCCNc2ccccn2)CCc2ccccc21. The number of rotatable bonds is 9. The molecular weight excluding hydrogens is 497 g/mol. The standard InChI is InChI=1S/C22H26N4O4.C2HF3O2/c27-20(25-12-5-11-24-19-8-3-4-10-23-19)15-26-13-9-16-6-1-2-7-17(16)18(22(26)30)14-21(28)29;3-2(4,5)1(6)7/h1-4,6-8,10,18H,5,9,11-15H2,(H,23,24)(H,25,27)(H,28,29);(H,6,7). The van der Waals surface area contributed by atoms with Crippen molar-refractivity contribution in [3.05, 3.63) is 59.8 Å². The third kappa shape index (κ3) is 9.78. The Kier molecular flexibility index (Phi) is 10.8. The number of aliphatic carboxylic acids is 2. The van der Waals surface area contributed by atoms with Gasteiger partial charge in [-0.25, -0.2) is 9.78 Å². The third-order valence-electron chi connectivity index (χ3n) is 5.29. The van der Waals surface area contributed by atoms with Gasteiger partial charge in [0.25, 0.3) is 0 Å². The minimum Gasteiger partial charge on any atom is -0.481 e. The van der Waals surface area contributed by atoms with Crippen molar-refractivity contribution in [2.75, 3.05) is 31.5 Å². The van der Waals surface area contributed by atoms with Crippen LogP contribution in [0.3, 0.4) is 0 Å². The number of nitrogens with zero attached hydrogens (tertiary/aromatic N) is 2. The highest BCUT2D eigenvalue weighted by molar-refractivity contribution is 5.91. The van der Waals surface area contributed by atoms with Gasteiger partial charge in [-0.05, 0) is 36.1 Å². The normalized spacial score (nSPS) is 14.9. The molecule has 1 aromatic heterocycles. The lowest BCUT2D eigenvalue weighted by molar-refractivity contribution is -0.192. The number of carboxylic acids is 2. The summed E-state index contributed by atoms with van der Waals surface area (Å²) in [7, 11) is 0. The molecule has 1 aliphatic rings. The number of halogens is 3. The lowest BCUT2D eigenvalue weighted by atomic mass is 9.91. The van der Waals surface area contributed by atoms with E-state index in [9.17, 15) is 32.7 Å². The van der Waals surface area contributed by atoms with Crippen molar-refractivity contribution in [3.8, 4) is 0 Å². The van der Waals surface area contributed by atoms with Crippen molar-refractivity contribution in [1.82, 2.24) is 15.2 Å². The largest absolute Gasteiger partial charge is 0.490 e. The van der Waals surface area contributed by atoms with Crippen molar-refractivity contribution in [1.29, 1.82) is 0 Å². The van der Waals surface area contributed by atoms with Crippen LogP contribution in [0.15, 0.2) is 48.7 Å². The summed E-state index contributed by atoms with van der Waals surface area (Å²) in [6.07, 6.45) is -2.35. The first-order valence-electron chi connectivity index (χ1n) is 11.3. The Hall–Kier alpha value is -4.16. The number of hydrogen-bond donors (Lipinski definition) is 4. The number of amides is 2. The number of alkyl halides is 3. The van der Waals surface area contributed by atoms with Crippen LogP contribution in [-0.4, -0.2) is 76.2 Å². The molecule has 0 saturated carbocycles. The average Bonchev–Trinajstić information content (AvgIpc) is 2.96. The maximum absolute atomic E-state index is 13.0. The molecule has 37 heavy (non-hydrogen) atoms. The van der Waals surface area contributed by atoms with Crippen molar-refractivity contribution < 1.29 is 42.6 Å². The van der Waals surface area contributed by atoms with Gasteiger partial charge in [0.2, 0.25) is 11.8 Å². The highest BCUT2D eigenvalue weighted by atomic mass is 19.4. The fourth-order valence-corrected chi connectivity index (χ4v) is 3.58. The van der Waals surface area contributed by atoms with E-state index in [4.69, 9.17) is 9.90 Å². The predicted molar refractivity (Wildman–Crippen MR) is 126 cm³/mol. The molecule has 10 nitrogen and oxygen atoms in total. The van der Waals surface area contributed by atoms with Crippen LogP contribution in [0.1, 0.15) is 29.9 Å². The first-order chi connectivity index (χ1) is 17.5. The number of carboxylic acid groups (broad SMARTS) is 2. The Labute approximate surface area is 210 Å². The third-order valence-corrected chi connectivity index (χ3v) is 5.29. The summed E-state index contributed by atoms with van der Waals surface area (Å²) >= 11 is 0. The summed E-state index contributed by atoms with van der Waals surface area (Å²) in [5.74, 6) is -4.34.